The highest BCUT2D eigenvalue weighted by Crippen LogP contribution is 2.29. The number of carbonyl (C=O) groups excluding carboxylic acids is 1. The number of nitrogens with zero attached hydrogens (tertiary/aromatic N) is 4. The van der Waals surface area contributed by atoms with Gasteiger partial charge >= 0.3 is 0 Å². The number of benzene rings is 1. The summed E-state index contributed by atoms with van der Waals surface area (Å²) in [6, 6.07) is 6.80. The van der Waals surface area contributed by atoms with Crippen molar-refractivity contribution in [3.8, 4) is 11.8 Å². The summed E-state index contributed by atoms with van der Waals surface area (Å²) in [6.45, 7) is 1.12. The van der Waals surface area contributed by atoms with Crippen LogP contribution in [0.5, 0.6) is 0 Å². The van der Waals surface area contributed by atoms with Gasteiger partial charge in [0, 0.05) is 25.4 Å². The van der Waals surface area contributed by atoms with Gasteiger partial charge in [-0.05, 0) is 58.5 Å². The molecule has 0 spiro atoms. The maximum absolute atomic E-state index is 14.3. The molecule has 5 nitrogen and oxygen atoms in total. The Bertz CT molecular complexity index is 867. The Balaban J connectivity index is 1.69. The van der Waals surface area contributed by atoms with Crippen molar-refractivity contribution in [3.63, 3.8) is 0 Å². The number of hydrogen-bond acceptors (Lipinski definition) is 3. The minimum absolute atomic E-state index is 0.146. The van der Waals surface area contributed by atoms with Crippen LogP contribution in [0.1, 0.15) is 24.8 Å². The third-order valence-corrected chi connectivity index (χ3v) is 4.58. The first-order valence-corrected chi connectivity index (χ1v) is 9.20. The zero-order valence-electron chi connectivity index (χ0n) is 14.1. The van der Waals surface area contributed by atoms with E-state index >= 15 is 0 Å². The van der Waals surface area contributed by atoms with Gasteiger partial charge in [0.05, 0.1) is 23.2 Å². The predicted molar refractivity (Wildman–Crippen MR) is 99.8 cm³/mol. The Morgan fingerprint density at radius 1 is 1.50 bits per heavy atom. The van der Waals surface area contributed by atoms with Crippen molar-refractivity contribution in [2.75, 3.05) is 13.1 Å². The summed E-state index contributed by atoms with van der Waals surface area (Å²) in [5.41, 5.74) is 0.932. The smallest absolute Gasteiger partial charge is 0.246 e. The lowest BCUT2D eigenvalue weighted by Crippen LogP contribution is -2.32. The van der Waals surface area contributed by atoms with Gasteiger partial charge in [-0.3, -0.25) is 4.79 Å². The topological polar surface area (TPSA) is 61.9 Å². The van der Waals surface area contributed by atoms with E-state index in [2.05, 4.69) is 27.1 Å². The normalized spacial score (nSPS) is 13.7. The van der Waals surface area contributed by atoms with Gasteiger partial charge in [-0.15, -0.1) is 0 Å². The molecule has 26 heavy (non-hydrogen) atoms. The third kappa shape index (κ3) is 4.79. The van der Waals surface area contributed by atoms with E-state index in [1.165, 1.54) is 16.8 Å². The molecule has 2 aromatic rings. The van der Waals surface area contributed by atoms with E-state index in [1.54, 1.807) is 35.5 Å². The highest BCUT2D eigenvalue weighted by atomic mass is 79.9. The first-order valence-electron chi connectivity index (χ1n) is 8.41. The van der Waals surface area contributed by atoms with E-state index in [1.807, 2.05) is 0 Å². The van der Waals surface area contributed by atoms with Crippen molar-refractivity contribution in [1.82, 2.24) is 14.7 Å². The van der Waals surface area contributed by atoms with Crippen molar-refractivity contribution in [3.05, 3.63) is 52.5 Å². The second kappa shape index (κ2) is 8.28. The summed E-state index contributed by atoms with van der Waals surface area (Å²) in [7, 11) is 0. The Hall–Kier alpha value is -2.46. The molecule has 0 saturated heterocycles. The summed E-state index contributed by atoms with van der Waals surface area (Å²) in [4.78, 5) is 14.1. The Morgan fingerprint density at radius 2 is 2.31 bits per heavy atom. The molecule has 0 bridgehead atoms. The average Bonchev–Trinajstić information content (AvgIpc) is 3.35. The Kier molecular flexibility index (Phi) is 5.84. The Morgan fingerprint density at radius 3 is 2.92 bits per heavy atom. The summed E-state index contributed by atoms with van der Waals surface area (Å²) < 4.78 is 16.5. The molecule has 1 aliphatic rings. The standard InChI is InChI=1S/C19H18BrFN4O/c20-16-11-23-25(13-16)18-6-4-14(10-17(18)21)5-7-19(26)24(9-1-8-22)12-15-2-3-15/h4-7,10-11,13,15H,1-3,9,12H2/b7-5+. The molecule has 0 atom stereocenters. The predicted octanol–water partition coefficient (Wildman–Crippen LogP) is 3.94. The van der Waals surface area contributed by atoms with E-state index < -0.39 is 5.82 Å². The zero-order valence-corrected chi connectivity index (χ0v) is 15.7. The molecular weight excluding hydrogens is 399 g/mol. The second-order valence-electron chi connectivity index (χ2n) is 6.28. The molecule has 1 fully saturated rings. The summed E-state index contributed by atoms with van der Waals surface area (Å²) >= 11 is 3.28. The summed E-state index contributed by atoms with van der Waals surface area (Å²) in [6.07, 6.45) is 8.88. The molecule has 134 valence electrons. The number of carbonyl (C=O) groups is 1. The molecule has 3 rings (SSSR count). The van der Waals surface area contributed by atoms with Crippen LogP contribution >= 0.6 is 15.9 Å². The number of hydrogen-bond donors (Lipinski definition) is 0. The second-order valence-corrected chi connectivity index (χ2v) is 7.20. The summed E-state index contributed by atoms with van der Waals surface area (Å²) in [5.74, 6) is -0.0154. The monoisotopic (exact) mass is 416 g/mol. The van der Waals surface area contributed by atoms with Gasteiger partial charge in [0.1, 0.15) is 11.5 Å². The SMILES string of the molecule is N#CCCN(CC1CC1)C(=O)/C=C/c1ccc(-n2cc(Br)cn2)c(F)c1. The minimum Gasteiger partial charge on any atom is -0.338 e. The van der Waals surface area contributed by atoms with Crippen LogP contribution in [-0.2, 0) is 4.79 Å². The van der Waals surface area contributed by atoms with E-state index in [9.17, 15) is 9.18 Å². The van der Waals surface area contributed by atoms with Crippen molar-refractivity contribution in [2.45, 2.75) is 19.3 Å². The van der Waals surface area contributed by atoms with Gasteiger partial charge in [-0.2, -0.15) is 10.4 Å². The first kappa shape index (κ1) is 18.3. The number of aromatic nitrogens is 2. The van der Waals surface area contributed by atoms with Gasteiger partial charge in [0.25, 0.3) is 0 Å². The molecule has 1 amide bonds. The first-order chi connectivity index (χ1) is 12.6. The van der Waals surface area contributed by atoms with Gasteiger partial charge in [0.2, 0.25) is 5.91 Å². The molecule has 1 aromatic heterocycles. The van der Waals surface area contributed by atoms with Gasteiger partial charge < -0.3 is 4.90 Å². The van der Waals surface area contributed by atoms with Crippen LogP contribution in [0.15, 0.2) is 41.1 Å². The fourth-order valence-corrected chi connectivity index (χ4v) is 2.89. The zero-order chi connectivity index (χ0) is 18.5. The van der Waals surface area contributed by atoms with Crippen LogP contribution in [0, 0.1) is 23.1 Å². The highest BCUT2D eigenvalue weighted by Gasteiger charge is 2.25. The van der Waals surface area contributed by atoms with Gasteiger partial charge in [-0.25, -0.2) is 9.07 Å². The van der Waals surface area contributed by atoms with Crippen LogP contribution in [0.3, 0.4) is 0 Å². The van der Waals surface area contributed by atoms with Crippen molar-refractivity contribution in [1.29, 1.82) is 5.26 Å². The molecular formula is C19H18BrFN4O. The van der Waals surface area contributed by atoms with Gasteiger partial charge in [0.15, 0.2) is 0 Å². The molecule has 1 aromatic carbocycles. The lowest BCUT2D eigenvalue weighted by atomic mass is 10.1. The molecule has 0 unspecified atom stereocenters. The highest BCUT2D eigenvalue weighted by molar-refractivity contribution is 9.10. The minimum atomic E-state index is -0.422. The largest absolute Gasteiger partial charge is 0.338 e. The molecule has 0 N–H and O–H groups in total. The number of nitriles is 1. The lowest BCUT2D eigenvalue weighted by molar-refractivity contribution is -0.126. The summed E-state index contributed by atoms with van der Waals surface area (Å²) in [5, 5.41) is 12.8. The number of amides is 1. The van der Waals surface area contributed by atoms with Crippen molar-refractivity contribution < 1.29 is 9.18 Å². The van der Waals surface area contributed by atoms with Crippen molar-refractivity contribution >= 4 is 27.9 Å². The van der Waals surface area contributed by atoms with Crippen molar-refractivity contribution in [2.24, 2.45) is 5.92 Å². The van der Waals surface area contributed by atoms with Crippen LogP contribution in [0.25, 0.3) is 11.8 Å². The quantitative estimate of drug-likeness (QED) is 0.642. The van der Waals surface area contributed by atoms with Crippen LogP contribution in [0.4, 0.5) is 4.39 Å². The number of rotatable bonds is 7. The maximum Gasteiger partial charge on any atom is 0.246 e. The van der Waals surface area contributed by atoms with E-state index in [-0.39, 0.29) is 5.91 Å². The van der Waals surface area contributed by atoms with Crippen LogP contribution < -0.4 is 0 Å². The van der Waals surface area contributed by atoms with E-state index in [4.69, 9.17) is 5.26 Å². The van der Waals surface area contributed by atoms with E-state index in [0.29, 0.717) is 36.7 Å². The fraction of sp³-hybridized carbons (Fsp3) is 0.316. The fourth-order valence-electron chi connectivity index (χ4n) is 2.61. The molecule has 0 aliphatic heterocycles. The maximum atomic E-state index is 14.3. The van der Waals surface area contributed by atoms with Crippen LogP contribution in [0.2, 0.25) is 0 Å². The Labute approximate surface area is 159 Å². The third-order valence-electron chi connectivity index (χ3n) is 4.17. The number of halogens is 2. The van der Waals surface area contributed by atoms with Gasteiger partial charge in [-0.1, -0.05) is 6.07 Å². The molecule has 1 aliphatic carbocycles. The molecule has 1 saturated carbocycles. The molecule has 7 heteroatoms. The average molecular weight is 417 g/mol. The van der Waals surface area contributed by atoms with E-state index in [0.717, 1.165) is 17.3 Å². The van der Waals surface area contributed by atoms with Crippen LogP contribution in [-0.4, -0.2) is 33.7 Å². The molecule has 1 heterocycles. The molecule has 0 radical (unpaired) electrons. The lowest BCUT2D eigenvalue weighted by Gasteiger charge is -2.19.